The SMILES string of the molecule is O=C(COc1cccc(Cl)c1)NCCc1ncc[nH]1. The average Bonchev–Trinajstić information content (AvgIpc) is 2.90. The molecule has 0 bridgehead atoms. The highest BCUT2D eigenvalue weighted by molar-refractivity contribution is 6.30. The largest absolute Gasteiger partial charge is 0.484 e. The van der Waals surface area contributed by atoms with Crippen LogP contribution in [0.25, 0.3) is 0 Å². The zero-order valence-corrected chi connectivity index (χ0v) is 11.0. The minimum atomic E-state index is -0.175. The number of hydrogen-bond acceptors (Lipinski definition) is 3. The molecule has 2 aromatic rings. The van der Waals surface area contributed by atoms with E-state index in [1.807, 2.05) is 0 Å². The Morgan fingerprint density at radius 2 is 2.37 bits per heavy atom. The van der Waals surface area contributed by atoms with E-state index in [2.05, 4.69) is 15.3 Å². The van der Waals surface area contributed by atoms with Crippen LogP contribution in [0.3, 0.4) is 0 Å². The molecule has 0 saturated carbocycles. The number of rotatable bonds is 6. The van der Waals surface area contributed by atoms with Crippen molar-refractivity contribution < 1.29 is 9.53 Å². The van der Waals surface area contributed by atoms with Gasteiger partial charge in [0.15, 0.2) is 6.61 Å². The average molecular weight is 280 g/mol. The third kappa shape index (κ3) is 4.63. The van der Waals surface area contributed by atoms with Crippen LogP contribution in [-0.4, -0.2) is 29.0 Å². The summed E-state index contributed by atoms with van der Waals surface area (Å²) in [5.41, 5.74) is 0. The molecule has 0 aliphatic rings. The lowest BCUT2D eigenvalue weighted by atomic mass is 10.3. The Labute approximate surface area is 116 Å². The van der Waals surface area contributed by atoms with Gasteiger partial charge in [-0.25, -0.2) is 4.98 Å². The second-order valence-electron chi connectivity index (χ2n) is 3.88. The molecule has 100 valence electrons. The normalized spacial score (nSPS) is 10.2. The van der Waals surface area contributed by atoms with Crippen molar-refractivity contribution in [3.8, 4) is 5.75 Å². The van der Waals surface area contributed by atoms with Gasteiger partial charge < -0.3 is 15.0 Å². The minimum absolute atomic E-state index is 0.0293. The van der Waals surface area contributed by atoms with Crippen molar-refractivity contribution in [2.75, 3.05) is 13.2 Å². The first kappa shape index (κ1) is 13.4. The summed E-state index contributed by atoms with van der Waals surface area (Å²) in [4.78, 5) is 18.6. The topological polar surface area (TPSA) is 67.0 Å². The number of H-pyrrole nitrogens is 1. The molecule has 0 aliphatic carbocycles. The van der Waals surface area contributed by atoms with Crippen LogP contribution in [0.1, 0.15) is 5.82 Å². The molecule has 0 spiro atoms. The summed E-state index contributed by atoms with van der Waals surface area (Å²) in [6.07, 6.45) is 4.09. The van der Waals surface area contributed by atoms with Crippen molar-refractivity contribution >= 4 is 17.5 Å². The van der Waals surface area contributed by atoms with E-state index in [0.29, 0.717) is 23.7 Å². The van der Waals surface area contributed by atoms with E-state index in [4.69, 9.17) is 16.3 Å². The lowest BCUT2D eigenvalue weighted by Gasteiger charge is -2.07. The molecule has 0 radical (unpaired) electrons. The van der Waals surface area contributed by atoms with E-state index in [0.717, 1.165) is 5.82 Å². The number of benzene rings is 1. The van der Waals surface area contributed by atoms with Crippen LogP contribution < -0.4 is 10.1 Å². The van der Waals surface area contributed by atoms with E-state index in [-0.39, 0.29) is 12.5 Å². The van der Waals surface area contributed by atoms with Gasteiger partial charge in [0.05, 0.1) is 0 Å². The highest BCUT2D eigenvalue weighted by Crippen LogP contribution is 2.16. The van der Waals surface area contributed by atoms with Gasteiger partial charge in [-0.05, 0) is 18.2 Å². The number of hydrogen-bond donors (Lipinski definition) is 2. The molecule has 0 unspecified atom stereocenters. The first-order valence-corrected chi connectivity index (χ1v) is 6.25. The van der Waals surface area contributed by atoms with Gasteiger partial charge in [-0.3, -0.25) is 4.79 Å². The van der Waals surface area contributed by atoms with Crippen LogP contribution >= 0.6 is 11.6 Å². The number of aromatic nitrogens is 2. The highest BCUT2D eigenvalue weighted by Gasteiger charge is 2.03. The second-order valence-corrected chi connectivity index (χ2v) is 4.32. The summed E-state index contributed by atoms with van der Waals surface area (Å²) in [6, 6.07) is 6.93. The molecule has 0 saturated heterocycles. The standard InChI is InChI=1S/C13H14ClN3O2/c14-10-2-1-3-11(8-10)19-9-13(18)17-5-4-12-15-6-7-16-12/h1-3,6-8H,4-5,9H2,(H,15,16)(H,17,18). The summed E-state index contributed by atoms with van der Waals surface area (Å²) in [6.45, 7) is 0.490. The number of nitrogens with one attached hydrogen (secondary N) is 2. The molecule has 1 aromatic heterocycles. The third-order valence-corrected chi connectivity index (χ3v) is 2.64. The van der Waals surface area contributed by atoms with Crippen LogP contribution in [0.4, 0.5) is 0 Å². The summed E-state index contributed by atoms with van der Waals surface area (Å²) < 4.78 is 5.32. The van der Waals surface area contributed by atoms with E-state index >= 15 is 0 Å². The Morgan fingerprint density at radius 3 is 3.11 bits per heavy atom. The number of nitrogens with zero attached hydrogens (tertiary/aromatic N) is 1. The van der Waals surface area contributed by atoms with Gasteiger partial charge in [0.1, 0.15) is 11.6 Å². The number of imidazole rings is 1. The van der Waals surface area contributed by atoms with Crippen LogP contribution in [0.15, 0.2) is 36.7 Å². The molecular formula is C13H14ClN3O2. The number of carbonyl (C=O) groups is 1. The molecule has 5 nitrogen and oxygen atoms in total. The molecule has 2 N–H and O–H groups in total. The summed E-state index contributed by atoms with van der Waals surface area (Å²) in [5, 5.41) is 3.33. The fourth-order valence-electron chi connectivity index (χ4n) is 1.51. The monoisotopic (exact) mass is 279 g/mol. The molecular weight excluding hydrogens is 266 g/mol. The van der Waals surface area contributed by atoms with E-state index in [1.165, 1.54) is 0 Å². The van der Waals surface area contributed by atoms with Gasteiger partial charge in [-0.2, -0.15) is 0 Å². The zero-order valence-electron chi connectivity index (χ0n) is 10.2. The van der Waals surface area contributed by atoms with Gasteiger partial charge in [0, 0.05) is 30.4 Å². The second kappa shape index (κ2) is 6.80. The Morgan fingerprint density at radius 1 is 1.47 bits per heavy atom. The smallest absolute Gasteiger partial charge is 0.257 e. The molecule has 1 heterocycles. The number of carbonyl (C=O) groups excluding carboxylic acids is 1. The van der Waals surface area contributed by atoms with Crippen molar-refractivity contribution in [3.63, 3.8) is 0 Å². The predicted octanol–water partition coefficient (Wildman–Crippen LogP) is 1.80. The van der Waals surface area contributed by atoms with Crippen molar-refractivity contribution in [1.29, 1.82) is 0 Å². The first-order chi connectivity index (χ1) is 9.24. The third-order valence-electron chi connectivity index (χ3n) is 2.40. The fraction of sp³-hybridized carbons (Fsp3) is 0.231. The Hall–Kier alpha value is -2.01. The Bertz CT molecular complexity index is 528. The predicted molar refractivity (Wildman–Crippen MR) is 72.2 cm³/mol. The summed E-state index contributed by atoms with van der Waals surface area (Å²) in [5.74, 6) is 1.25. The number of ether oxygens (including phenoxy) is 1. The maximum Gasteiger partial charge on any atom is 0.257 e. The van der Waals surface area contributed by atoms with Gasteiger partial charge in [0.25, 0.3) is 5.91 Å². The van der Waals surface area contributed by atoms with E-state index in [1.54, 1.807) is 36.7 Å². The Kier molecular flexibility index (Phi) is 4.80. The number of halogens is 1. The number of aromatic amines is 1. The Balaban J connectivity index is 1.67. The maximum atomic E-state index is 11.5. The fourth-order valence-corrected chi connectivity index (χ4v) is 1.69. The molecule has 19 heavy (non-hydrogen) atoms. The highest BCUT2D eigenvalue weighted by atomic mass is 35.5. The molecule has 6 heteroatoms. The quantitative estimate of drug-likeness (QED) is 0.847. The molecule has 2 rings (SSSR count). The van der Waals surface area contributed by atoms with Crippen LogP contribution in [0, 0.1) is 0 Å². The molecule has 0 aliphatic heterocycles. The van der Waals surface area contributed by atoms with Gasteiger partial charge in [-0.1, -0.05) is 17.7 Å². The lowest BCUT2D eigenvalue weighted by molar-refractivity contribution is -0.123. The van der Waals surface area contributed by atoms with E-state index in [9.17, 15) is 4.79 Å². The van der Waals surface area contributed by atoms with Crippen LogP contribution in [0.2, 0.25) is 5.02 Å². The van der Waals surface area contributed by atoms with Gasteiger partial charge in [-0.15, -0.1) is 0 Å². The summed E-state index contributed by atoms with van der Waals surface area (Å²) >= 11 is 5.81. The van der Waals surface area contributed by atoms with Crippen LogP contribution in [-0.2, 0) is 11.2 Å². The maximum absolute atomic E-state index is 11.5. The minimum Gasteiger partial charge on any atom is -0.484 e. The van der Waals surface area contributed by atoms with Crippen molar-refractivity contribution in [2.24, 2.45) is 0 Å². The molecule has 1 amide bonds. The first-order valence-electron chi connectivity index (χ1n) is 5.87. The van der Waals surface area contributed by atoms with E-state index < -0.39 is 0 Å². The van der Waals surface area contributed by atoms with Gasteiger partial charge >= 0.3 is 0 Å². The van der Waals surface area contributed by atoms with Crippen LogP contribution in [0.5, 0.6) is 5.75 Å². The zero-order chi connectivity index (χ0) is 13.5. The van der Waals surface area contributed by atoms with Crippen molar-refractivity contribution in [1.82, 2.24) is 15.3 Å². The summed E-state index contributed by atoms with van der Waals surface area (Å²) in [7, 11) is 0. The molecule has 0 fully saturated rings. The van der Waals surface area contributed by atoms with Crippen molar-refractivity contribution in [2.45, 2.75) is 6.42 Å². The molecule has 1 aromatic carbocycles. The molecule has 0 atom stereocenters. The van der Waals surface area contributed by atoms with Crippen molar-refractivity contribution in [3.05, 3.63) is 47.5 Å². The van der Waals surface area contributed by atoms with Gasteiger partial charge in [0.2, 0.25) is 0 Å². The number of amides is 1. The lowest BCUT2D eigenvalue weighted by Crippen LogP contribution is -2.30.